The topological polar surface area (TPSA) is 57.8 Å². The molecule has 4 aromatic rings. The highest BCUT2D eigenvalue weighted by atomic mass is 16.1. The Hall–Kier alpha value is -3.14. The highest BCUT2D eigenvalue weighted by molar-refractivity contribution is 6.05. The normalized spacial score (nSPS) is 13.7. The first-order valence-electron chi connectivity index (χ1n) is 9.07. The van der Waals surface area contributed by atoms with Gasteiger partial charge in [0.05, 0.1) is 0 Å². The van der Waals surface area contributed by atoms with Crippen LogP contribution in [0.15, 0.2) is 59.5 Å². The Morgan fingerprint density at radius 3 is 2.58 bits per heavy atom. The number of pyridine rings is 2. The van der Waals surface area contributed by atoms with Crippen LogP contribution in [-0.4, -0.2) is 9.97 Å². The predicted octanol–water partition coefficient (Wildman–Crippen LogP) is 4.70. The quantitative estimate of drug-likeness (QED) is 0.520. The van der Waals surface area contributed by atoms with E-state index < -0.39 is 0 Å². The van der Waals surface area contributed by atoms with Gasteiger partial charge in [0, 0.05) is 33.7 Å². The zero-order chi connectivity index (χ0) is 17.5. The van der Waals surface area contributed by atoms with Gasteiger partial charge in [-0.15, -0.1) is 0 Å². The van der Waals surface area contributed by atoms with Crippen LogP contribution in [0.5, 0.6) is 0 Å². The van der Waals surface area contributed by atoms with Crippen LogP contribution in [0.2, 0.25) is 0 Å². The standard InChI is InChI=1S/C22H19N3O/c26-22-19-10-9-17(13-20(19)18-6-3-11-23-21(18)25-22)24-16-8-7-14-4-1-2-5-15(14)12-16/h3,6-13,24H,1-2,4-5H2,(H,23,25,26). The van der Waals surface area contributed by atoms with Crippen LogP contribution in [0.25, 0.3) is 21.8 Å². The summed E-state index contributed by atoms with van der Waals surface area (Å²) in [5.41, 5.74) is 5.51. The molecule has 0 atom stereocenters. The lowest BCUT2D eigenvalue weighted by atomic mass is 9.91. The molecular weight excluding hydrogens is 322 g/mol. The molecule has 2 aromatic heterocycles. The first-order valence-corrected chi connectivity index (χ1v) is 9.07. The summed E-state index contributed by atoms with van der Waals surface area (Å²) in [7, 11) is 0. The summed E-state index contributed by atoms with van der Waals surface area (Å²) in [5.74, 6) is 0. The maximum absolute atomic E-state index is 12.3. The van der Waals surface area contributed by atoms with Crippen molar-refractivity contribution in [2.45, 2.75) is 25.7 Å². The van der Waals surface area contributed by atoms with Gasteiger partial charge in [-0.3, -0.25) is 4.79 Å². The van der Waals surface area contributed by atoms with Crippen molar-refractivity contribution in [3.05, 3.63) is 76.2 Å². The molecule has 0 unspecified atom stereocenters. The van der Waals surface area contributed by atoms with E-state index in [-0.39, 0.29) is 5.56 Å². The number of aromatic nitrogens is 2. The summed E-state index contributed by atoms with van der Waals surface area (Å²) in [4.78, 5) is 19.4. The fraction of sp³-hybridized carbons (Fsp3) is 0.182. The molecule has 0 fully saturated rings. The van der Waals surface area contributed by atoms with Gasteiger partial charge < -0.3 is 10.3 Å². The fourth-order valence-corrected chi connectivity index (χ4v) is 3.92. The van der Waals surface area contributed by atoms with E-state index in [4.69, 9.17) is 0 Å². The smallest absolute Gasteiger partial charge is 0.257 e. The van der Waals surface area contributed by atoms with Crippen LogP contribution < -0.4 is 10.9 Å². The van der Waals surface area contributed by atoms with Gasteiger partial charge in [0.15, 0.2) is 0 Å². The first-order chi connectivity index (χ1) is 12.8. The van der Waals surface area contributed by atoms with Gasteiger partial charge in [0.2, 0.25) is 0 Å². The Kier molecular flexibility index (Phi) is 3.49. The number of H-pyrrole nitrogens is 1. The SMILES string of the molecule is O=c1[nH]c2ncccc2c2cc(Nc3ccc4c(c3)CCCC4)ccc12. The molecule has 2 N–H and O–H groups in total. The van der Waals surface area contributed by atoms with E-state index in [1.54, 1.807) is 6.20 Å². The van der Waals surface area contributed by atoms with E-state index in [0.717, 1.165) is 28.6 Å². The second-order valence-electron chi connectivity index (χ2n) is 6.93. The van der Waals surface area contributed by atoms with E-state index in [9.17, 15) is 4.79 Å². The van der Waals surface area contributed by atoms with Crippen molar-refractivity contribution in [3.63, 3.8) is 0 Å². The van der Waals surface area contributed by atoms with Gasteiger partial charge >= 0.3 is 0 Å². The van der Waals surface area contributed by atoms with Crippen molar-refractivity contribution in [2.75, 3.05) is 5.32 Å². The molecule has 0 aliphatic heterocycles. The molecule has 26 heavy (non-hydrogen) atoms. The number of hydrogen-bond acceptors (Lipinski definition) is 3. The molecule has 0 saturated heterocycles. The van der Waals surface area contributed by atoms with Crippen molar-refractivity contribution in [1.29, 1.82) is 0 Å². The lowest BCUT2D eigenvalue weighted by Crippen LogP contribution is -2.07. The largest absolute Gasteiger partial charge is 0.356 e. The summed E-state index contributed by atoms with van der Waals surface area (Å²) in [6.45, 7) is 0. The molecule has 0 amide bonds. The van der Waals surface area contributed by atoms with Crippen LogP contribution in [0.1, 0.15) is 24.0 Å². The Balaban J connectivity index is 1.59. The fourth-order valence-electron chi connectivity index (χ4n) is 3.92. The van der Waals surface area contributed by atoms with Crippen molar-refractivity contribution >= 4 is 33.2 Å². The summed E-state index contributed by atoms with van der Waals surface area (Å²) < 4.78 is 0. The number of anilines is 2. The number of hydrogen-bond donors (Lipinski definition) is 2. The molecular formula is C22H19N3O. The van der Waals surface area contributed by atoms with Crippen molar-refractivity contribution in [1.82, 2.24) is 9.97 Å². The first kappa shape index (κ1) is 15.1. The second kappa shape index (κ2) is 5.99. The van der Waals surface area contributed by atoms with Crippen LogP contribution in [-0.2, 0) is 12.8 Å². The Morgan fingerprint density at radius 1 is 0.846 bits per heavy atom. The van der Waals surface area contributed by atoms with Crippen LogP contribution in [0.3, 0.4) is 0 Å². The molecule has 4 nitrogen and oxygen atoms in total. The third-order valence-electron chi connectivity index (χ3n) is 5.23. The summed E-state index contributed by atoms with van der Waals surface area (Å²) in [6.07, 6.45) is 6.61. The van der Waals surface area contributed by atoms with Gasteiger partial charge in [-0.1, -0.05) is 6.07 Å². The molecule has 2 aromatic carbocycles. The number of aromatic amines is 1. The van der Waals surface area contributed by atoms with Gasteiger partial charge in [-0.25, -0.2) is 4.98 Å². The van der Waals surface area contributed by atoms with Gasteiger partial charge in [-0.05, 0) is 79.3 Å². The monoisotopic (exact) mass is 341 g/mol. The predicted molar refractivity (Wildman–Crippen MR) is 106 cm³/mol. The zero-order valence-corrected chi connectivity index (χ0v) is 14.4. The summed E-state index contributed by atoms with van der Waals surface area (Å²) in [5, 5.41) is 6.05. The van der Waals surface area contributed by atoms with E-state index >= 15 is 0 Å². The number of rotatable bonds is 2. The minimum atomic E-state index is -0.105. The number of fused-ring (bicyclic) bond motifs is 4. The van der Waals surface area contributed by atoms with Gasteiger partial charge in [0.1, 0.15) is 5.65 Å². The minimum absolute atomic E-state index is 0.105. The second-order valence-corrected chi connectivity index (χ2v) is 6.93. The van der Waals surface area contributed by atoms with Crippen LogP contribution in [0.4, 0.5) is 11.4 Å². The molecule has 2 heterocycles. The number of nitrogens with zero attached hydrogens (tertiary/aromatic N) is 1. The molecule has 0 radical (unpaired) electrons. The van der Waals surface area contributed by atoms with Gasteiger partial charge in [-0.2, -0.15) is 0 Å². The van der Waals surface area contributed by atoms with E-state index in [0.29, 0.717) is 11.0 Å². The number of nitrogens with one attached hydrogen (secondary N) is 2. The average Bonchev–Trinajstić information content (AvgIpc) is 2.68. The zero-order valence-electron chi connectivity index (χ0n) is 14.4. The Bertz CT molecular complexity index is 1190. The molecule has 0 spiro atoms. The molecule has 4 heteroatoms. The van der Waals surface area contributed by atoms with Crippen LogP contribution in [0, 0.1) is 0 Å². The summed E-state index contributed by atoms with van der Waals surface area (Å²) >= 11 is 0. The maximum atomic E-state index is 12.3. The van der Waals surface area contributed by atoms with Crippen molar-refractivity contribution in [3.8, 4) is 0 Å². The Morgan fingerprint density at radius 2 is 1.65 bits per heavy atom. The molecule has 5 rings (SSSR count). The number of aryl methyl sites for hydroxylation is 2. The molecule has 0 bridgehead atoms. The van der Waals surface area contributed by atoms with Crippen molar-refractivity contribution < 1.29 is 0 Å². The van der Waals surface area contributed by atoms with E-state index in [2.05, 4.69) is 33.5 Å². The number of benzene rings is 2. The molecule has 0 saturated carbocycles. The highest BCUT2D eigenvalue weighted by Crippen LogP contribution is 2.28. The Labute approximate surface area is 150 Å². The lowest BCUT2D eigenvalue weighted by Gasteiger charge is -2.17. The molecule has 1 aliphatic rings. The highest BCUT2D eigenvalue weighted by Gasteiger charge is 2.10. The summed E-state index contributed by atoms with van der Waals surface area (Å²) in [6, 6.07) is 16.4. The molecule has 128 valence electrons. The minimum Gasteiger partial charge on any atom is -0.356 e. The maximum Gasteiger partial charge on any atom is 0.257 e. The third kappa shape index (κ3) is 2.54. The van der Waals surface area contributed by atoms with Crippen molar-refractivity contribution in [2.24, 2.45) is 0 Å². The third-order valence-corrected chi connectivity index (χ3v) is 5.23. The van der Waals surface area contributed by atoms with Crippen LogP contribution >= 0.6 is 0 Å². The average molecular weight is 341 g/mol. The van der Waals surface area contributed by atoms with Gasteiger partial charge in [0.25, 0.3) is 5.56 Å². The molecule has 1 aliphatic carbocycles. The van der Waals surface area contributed by atoms with E-state index in [1.807, 2.05) is 30.3 Å². The lowest BCUT2D eigenvalue weighted by molar-refractivity contribution is 0.686. The van der Waals surface area contributed by atoms with E-state index in [1.165, 1.54) is 30.4 Å².